The predicted octanol–water partition coefficient (Wildman–Crippen LogP) is 2.07. The first-order chi connectivity index (χ1) is 5.77. The fourth-order valence-electron chi connectivity index (χ4n) is 1.14. The lowest BCUT2D eigenvalue weighted by Crippen LogP contribution is -1.87. The molecule has 0 aliphatic rings. The van der Waals surface area contributed by atoms with Gasteiger partial charge in [-0.05, 0) is 24.3 Å². The van der Waals surface area contributed by atoms with Crippen LogP contribution in [0.2, 0.25) is 5.02 Å². The van der Waals surface area contributed by atoms with Crippen LogP contribution < -0.4 is 5.73 Å². The van der Waals surface area contributed by atoms with E-state index in [1.807, 2.05) is 12.1 Å². The Morgan fingerprint density at radius 1 is 1.21 bits per heavy atom. The van der Waals surface area contributed by atoms with Crippen LogP contribution in [0.25, 0.3) is 10.9 Å². The zero-order chi connectivity index (χ0) is 8.55. The van der Waals surface area contributed by atoms with E-state index >= 15 is 0 Å². The molecule has 0 bridgehead atoms. The lowest BCUT2D eigenvalue weighted by molar-refractivity contribution is 0.824. The Labute approximate surface area is 92.6 Å². The van der Waals surface area contributed by atoms with Crippen LogP contribution in [0.3, 0.4) is 0 Å². The number of benzene rings is 1. The van der Waals surface area contributed by atoms with E-state index in [0.29, 0.717) is 5.02 Å². The molecule has 14 heavy (non-hydrogen) atoms. The molecule has 0 aliphatic carbocycles. The minimum Gasteiger partial charge on any atom is -0.412 e. The summed E-state index contributed by atoms with van der Waals surface area (Å²) in [6.45, 7) is 0. The number of nitrogens with zero attached hydrogens (tertiary/aromatic N) is 1. The molecule has 4 N–H and O–H groups in total. The predicted molar refractivity (Wildman–Crippen MR) is 62.0 cm³/mol. The number of pyridine rings is 1. The normalized spacial score (nSPS) is 8.93. The molecule has 0 fully saturated rings. The third kappa shape index (κ3) is 2.26. The topological polar surface area (TPSA) is 70.4 Å². The van der Waals surface area contributed by atoms with Gasteiger partial charge in [-0.25, -0.2) is 0 Å². The summed E-state index contributed by atoms with van der Waals surface area (Å²) < 4.78 is 0. The van der Waals surface area contributed by atoms with Crippen molar-refractivity contribution in [2.75, 3.05) is 5.73 Å². The fourth-order valence-corrected chi connectivity index (χ4v) is 1.31. The van der Waals surface area contributed by atoms with Gasteiger partial charge in [0.15, 0.2) is 0 Å². The van der Waals surface area contributed by atoms with Crippen molar-refractivity contribution in [3.8, 4) is 0 Å². The first kappa shape index (κ1) is 13.0. The summed E-state index contributed by atoms with van der Waals surface area (Å²) in [6.07, 6.45) is 1.67. The van der Waals surface area contributed by atoms with Crippen molar-refractivity contribution < 1.29 is 5.48 Å². The average Bonchev–Trinajstić information content (AvgIpc) is 2.04. The van der Waals surface area contributed by atoms with Gasteiger partial charge in [-0.1, -0.05) is 11.6 Å². The average molecular weight is 233 g/mol. The molecule has 1 aromatic carbocycles. The van der Waals surface area contributed by atoms with Crippen molar-refractivity contribution in [3.63, 3.8) is 0 Å². The SMILES string of the molecule is Cl.Nc1ccnc2cc(Cl)ccc12.O. The van der Waals surface area contributed by atoms with Crippen LogP contribution in [0, 0.1) is 0 Å². The standard InChI is InChI=1S/C9H7ClN2.ClH.H2O/c10-6-1-2-7-8(11)3-4-12-9(7)5-6;;/h1-5H,(H2,11,12);1H;1H2. The third-order valence-corrected chi connectivity index (χ3v) is 1.97. The number of fused-ring (bicyclic) bond motifs is 1. The smallest absolute Gasteiger partial charge is 0.0737 e. The molecule has 76 valence electrons. The second-order valence-electron chi connectivity index (χ2n) is 2.56. The highest BCUT2D eigenvalue weighted by atomic mass is 35.5. The minimum absolute atomic E-state index is 0. The minimum atomic E-state index is 0. The van der Waals surface area contributed by atoms with Gasteiger partial charge >= 0.3 is 0 Å². The molecule has 0 atom stereocenters. The van der Waals surface area contributed by atoms with Gasteiger partial charge in [0.25, 0.3) is 0 Å². The number of nitrogens with two attached hydrogens (primary N) is 1. The molecular formula is C9H10Cl2N2O. The summed E-state index contributed by atoms with van der Waals surface area (Å²) in [6, 6.07) is 7.26. The molecule has 2 rings (SSSR count). The number of aromatic nitrogens is 1. The Kier molecular flexibility index (Phi) is 4.63. The van der Waals surface area contributed by atoms with Crippen LogP contribution >= 0.6 is 24.0 Å². The number of anilines is 1. The largest absolute Gasteiger partial charge is 0.412 e. The zero-order valence-electron chi connectivity index (χ0n) is 7.20. The third-order valence-electron chi connectivity index (χ3n) is 1.74. The Bertz CT molecular complexity index is 434. The van der Waals surface area contributed by atoms with Crippen LogP contribution in [0.15, 0.2) is 30.5 Å². The number of hydrogen-bond donors (Lipinski definition) is 1. The van der Waals surface area contributed by atoms with E-state index < -0.39 is 0 Å². The highest BCUT2D eigenvalue weighted by molar-refractivity contribution is 6.31. The zero-order valence-corrected chi connectivity index (χ0v) is 8.77. The van der Waals surface area contributed by atoms with Gasteiger partial charge in [-0.15, -0.1) is 12.4 Å². The molecular weight excluding hydrogens is 223 g/mol. The Morgan fingerprint density at radius 3 is 2.64 bits per heavy atom. The quantitative estimate of drug-likeness (QED) is 0.756. The van der Waals surface area contributed by atoms with Crippen LogP contribution in [-0.2, 0) is 0 Å². The van der Waals surface area contributed by atoms with Crippen LogP contribution in [0.4, 0.5) is 5.69 Å². The van der Waals surface area contributed by atoms with Gasteiger partial charge in [0.1, 0.15) is 0 Å². The number of hydrogen-bond acceptors (Lipinski definition) is 2. The molecule has 0 saturated heterocycles. The second-order valence-corrected chi connectivity index (χ2v) is 3.00. The van der Waals surface area contributed by atoms with Gasteiger partial charge in [0.05, 0.1) is 5.52 Å². The monoisotopic (exact) mass is 232 g/mol. The van der Waals surface area contributed by atoms with Crippen molar-refractivity contribution in [1.82, 2.24) is 4.98 Å². The Balaban J connectivity index is 0.000000845. The highest BCUT2D eigenvalue weighted by Crippen LogP contribution is 2.21. The van der Waals surface area contributed by atoms with Crippen molar-refractivity contribution in [2.45, 2.75) is 0 Å². The maximum Gasteiger partial charge on any atom is 0.0737 e. The summed E-state index contributed by atoms with van der Waals surface area (Å²) in [5.41, 5.74) is 7.29. The summed E-state index contributed by atoms with van der Waals surface area (Å²) in [5, 5.41) is 1.63. The lowest BCUT2D eigenvalue weighted by Gasteiger charge is -1.99. The van der Waals surface area contributed by atoms with E-state index in [1.165, 1.54) is 0 Å². The first-order valence-corrected chi connectivity index (χ1v) is 3.95. The van der Waals surface area contributed by atoms with E-state index in [-0.39, 0.29) is 17.9 Å². The second kappa shape index (κ2) is 5.00. The van der Waals surface area contributed by atoms with E-state index in [1.54, 1.807) is 18.3 Å². The molecule has 2 aromatic rings. The number of halogens is 2. The molecule has 0 aliphatic heterocycles. The summed E-state index contributed by atoms with van der Waals surface area (Å²) in [5.74, 6) is 0. The maximum absolute atomic E-state index is 5.79. The van der Waals surface area contributed by atoms with Crippen LogP contribution in [-0.4, -0.2) is 10.5 Å². The van der Waals surface area contributed by atoms with E-state index in [2.05, 4.69) is 4.98 Å². The summed E-state index contributed by atoms with van der Waals surface area (Å²) in [7, 11) is 0. The van der Waals surface area contributed by atoms with Gasteiger partial charge in [0, 0.05) is 22.3 Å². The van der Waals surface area contributed by atoms with Crippen molar-refractivity contribution in [2.24, 2.45) is 0 Å². The summed E-state index contributed by atoms with van der Waals surface area (Å²) in [4.78, 5) is 4.14. The van der Waals surface area contributed by atoms with E-state index in [0.717, 1.165) is 16.6 Å². The maximum atomic E-state index is 5.79. The van der Waals surface area contributed by atoms with Crippen molar-refractivity contribution in [1.29, 1.82) is 0 Å². The molecule has 0 spiro atoms. The lowest BCUT2D eigenvalue weighted by atomic mass is 10.2. The fraction of sp³-hybridized carbons (Fsp3) is 0. The molecule has 5 heteroatoms. The molecule has 1 aromatic heterocycles. The first-order valence-electron chi connectivity index (χ1n) is 3.57. The highest BCUT2D eigenvalue weighted by Gasteiger charge is 1.97. The van der Waals surface area contributed by atoms with Crippen LogP contribution in [0.5, 0.6) is 0 Å². The molecule has 0 saturated carbocycles. The Hall–Kier alpha value is -1.03. The molecule has 0 amide bonds. The van der Waals surface area contributed by atoms with Gasteiger partial charge < -0.3 is 11.2 Å². The summed E-state index contributed by atoms with van der Waals surface area (Å²) >= 11 is 5.79. The number of rotatable bonds is 0. The van der Waals surface area contributed by atoms with E-state index in [4.69, 9.17) is 17.3 Å². The van der Waals surface area contributed by atoms with Crippen LogP contribution in [0.1, 0.15) is 0 Å². The number of nitrogen functional groups attached to an aromatic ring is 1. The van der Waals surface area contributed by atoms with Gasteiger partial charge in [-0.3, -0.25) is 4.98 Å². The molecule has 0 radical (unpaired) electrons. The van der Waals surface area contributed by atoms with Gasteiger partial charge in [0.2, 0.25) is 0 Å². The molecule has 0 unspecified atom stereocenters. The van der Waals surface area contributed by atoms with Crippen molar-refractivity contribution in [3.05, 3.63) is 35.5 Å². The molecule has 1 heterocycles. The van der Waals surface area contributed by atoms with Gasteiger partial charge in [-0.2, -0.15) is 0 Å². The van der Waals surface area contributed by atoms with E-state index in [9.17, 15) is 0 Å². The van der Waals surface area contributed by atoms with Crippen molar-refractivity contribution >= 4 is 40.6 Å². The Morgan fingerprint density at radius 2 is 1.93 bits per heavy atom. The molecule has 3 nitrogen and oxygen atoms in total.